The SMILES string of the molecule is COc1ccc(F)cc1-c1cncc(C(=O)NC(C)C)c1. The molecule has 0 bridgehead atoms. The Balaban J connectivity index is 2.42. The summed E-state index contributed by atoms with van der Waals surface area (Å²) in [6.07, 6.45) is 3.05. The first-order valence-electron chi connectivity index (χ1n) is 6.61. The molecule has 0 aliphatic carbocycles. The molecule has 0 fully saturated rings. The molecule has 0 radical (unpaired) electrons. The average molecular weight is 288 g/mol. The van der Waals surface area contributed by atoms with Crippen LogP contribution >= 0.6 is 0 Å². The van der Waals surface area contributed by atoms with Gasteiger partial charge in [-0.2, -0.15) is 0 Å². The van der Waals surface area contributed by atoms with Crippen LogP contribution in [-0.4, -0.2) is 24.0 Å². The second-order valence-corrected chi connectivity index (χ2v) is 4.94. The van der Waals surface area contributed by atoms with Gasteiger partial charge in [-0.05, 0) is 38.1 Å². The third kappa shape index (κ3) is 3.56. The third-order valence-corrected chi connectivity index (χ3v) is 2.89. The molecule has 5 heteroatoms. The van der Waals surface area contributed by atoms with Crippen LogP contribution in [0.25, 0.3) is 11.1 Å². The molecule has 0 saturated carbocycles. The number of amides is 1. The minimum atomic E-state index is -0.372. The first-order valence-corrected chi connectivity index (χ1v) is 6.61. The molecule has 1 aromatic heterocycles. The number of carbonyl (C=O) groups is 1. The largest absolute Gasteiger partial charge is 0.496 e. The first-order chi connectivity index (χ1) is 10.0. The summed E-state index contributed by atoms with van der Waals surface area (Å²) < 4.78 is 18.7. The lowest BCUT2D eigenvalue weighted by molar-refractivity contribution is 0.0943. The number of methoxy groups -OCH3 is 1. The highest BCUT2D eigenvalue weighted by Gasteiger charge is 2.12. The van der Waals surface area contributed by atoms with E-state index in [9.17, 15) is 9.18 Å². The molecule has 1 amide bonds. The van der Waals surface area contributed by atoms with Crippen molar-refractivity contribution < 1.29 is 13.9 Å². The van der Waals surface area contributed by atoms with Gasteiger partial charge in [0.15, 0.2) is 0 Å². The van der Waals surface area contributed by atoms with Crippen molar-refractivity contribution in [1.29, 1.82) is 0 Å². The Bertz CT molecular complexity index is 656. The van der Waals surface area contributed by atoms with E-state index in [2.05, 4.69) is 10.3 Å². The van der Waals surface area contributed by atoms with Crippen LogP contribution < -0.4 is 10.1 Å². The number of aromatic nitrogens is 1. The van der Waals surface area contributed by atoms with Gasteiger partial charge in [0.1, 0.15) is 11.6 Å². The Morgan fingerprint density at radius 1 is 1.29 bits per heavy atom. The second kappa shape index (κ2) is 6.35. The lowest BCUT2D eigenvalue weighted by Gasteiger charge is -2.11. The van der Waals surface area contributed by atoms with E-state index in [0.717, 1.165) is 0 Å². The summed E-state index contributed by atoms with van der Waals surface area (Å²) in [5, 5.41) is 2.79. The van der Waals surface area contributed by atoms with Crippen LogP contribution in [0.3, 0.4) is 0 Å². The number of ether oxygens (including phenoxy) is 1. The van der Waals surface area contributed by atoms with Gasteiger partial charge < -0.3 is 10.1 Å². The van der Waals surface area contributed by atoms with Crippen molar-refractivity contribution in [3.8, 4) is 16.9 Å². The predicted octanol–water partition coefficient (Wildman–Crippen LogP) is 3.03. The van der Waals surface area contributed by atoms with Crippen molar-refractivity contribution in [1.82, 2.24) is 10.3 Å². The highest BCUT2D eigenvalue weighted by atomic mass is 19.1. The lowest BCUT2D eigenvalue weighted by atomic mass is 10.0. The Morgan fingerprint density at radius 2 is 2.05 bits per heavy atom. The number of hydrogen-bond acceptors (Lipinski definition) is 3. The standard InChI is InChI=1S/C16H17FN2O2/c1-10(2)19-16(20)12-6-11(8-18-9-12)14-7-13(17)4-5-15(14)21-3/h4-10H,1-3H3,(H,19,20). The molecule has 0 aliphatic rings. The number of nitrogens with one attached hydrogen (secondary N) is 1. The topological polar surface area (TPSA) is 51.2 Å². The molecule has 2 aromatic rings. The molecule has 2 rings (SSSR count). The normalized spacial score (nSPS) is 10.5. The summed E-state index contributed by atoms with van der Waals surface area (Å²) in [4.78, 5) is 16.1. The average Bonchev–Trinajstić information content (AvgIpc) is 2.46. The molecular formula is C16H17FN2O2. The van der Waals surface area contributed by atoms with Crippen LogP contribution in [0.5, 0.6) is 5.75 Å². The van der Waals surface area contributed by atoms with Crippen molar-refractivity contribution in [2.75, 3.05) is 7.11 Å². The predicted molar refractivity (Wildman–Crippen MR) is 78.8 cm³/mol. The number of benzene rings is 1. The number of nitrogens with zero attached hydrogens (tertiary/aromatic N) is 1. The quantitative estimate of drug-likeness (QED) is 0.940. The zero-order chi connectivity index (χ0) is 15.4. The van der Waals surface area contributed by atoms with E-state index >= 15 is 0 Å². The van der Waals surface area contributed by atoms with Crippen LogP contribution in [-0.2, 0) is 0 Å². The van der Waals surface area contributed by atoms with Gasteiger partial charge in [0.05, 0.1) is 12.7 Å². The van der Waals surface area contributed by atoms with Gasteiger partial charge in [-0.25, -0.2) is 4.39 Å². The van der Waals surface area contributed by atoms with Crippen molar-refractivity contribution in [2.24, 2.45) is 0 Å². The van der Waals surface area contributed by atoms with Crippen molar-refractivity contribution >= 4 is 5.91 Å². The van der Waals surface area contributed by atoms with Crippen LogP contribution in [0.1, 0.15) is 24.2 Å². The van der Waals surface area contributed by atoms with Crippen molar-refractivity contribution in [3.05, 3.63) is 48.0 Å². The highest BCUT2D eigenvalue weighted by molar-refractivity contribution is 5.95. The molecule has 21 heavy (non-hydrogen) atoms. The van der Waals surface area contributed by atoms with Gasteiger partial charge in [-0.3, -0.25) is 9.78 Å². The Hall–Kier alpha value is -2.43. The van der Waals surface area contributed by atoms with E-state index in [1.165, 1.54) is 25.4 Å². The molecule has 0 unspecified atom stereocenters. The second-order valence-electron chi connectivity index (χ2n) is 4.94. The van der Waals surface area contributed by atoms with Crippen molar-refractivity contribution in [2.45, 2.75) is 19.9 Å². The monoisotopic (exact) mass is 288 g/mol. The maximum Gasteiger partial charge on any atom is 0.253 e. The molecular weight excluding hydrogens is 271 g/mol. The highest BCUT2D eigenvalue weighted by Crippen LogP contribution is 2.30. The summed E-state index contributed by atoms with van der Waals surface area (Å²) in [5.41, 5.74) is 1.61. The summed E-state index contributed by atoms with van der Waals surface area (Å²) in [6.45, 7) is 3.76. The zero-order valence-corrected chi connectivity index (χ0v) is 12.2. The maximum atomic E-state index is 13.4. The van der Waals surface area contributed by atoms with Gasteiger partial charge >= 0.3 is 0 Å². The summed E-state index contributed by atoms with van der Waals surface area (Å²) in [7, 11) is 1.51. The van der Waals surface area contributed by atoms with Crippen molar-refractivity contribution in [3.63, 3.8) is 0 Å². The van der Waals surface area contributed by atoms with Gasteiger partial charge in [0, 0.05) is 29.6 Å². The third-order valence-electron chi connectivity index (χ3n) is 2.89. The van der Waals surface area contributed by atoms with Gasteiger partial charge in [-0.15, -0.1) is 0 Å². The van der Waals surface area contributed by atoms with E-state index in [0.29, 0.717) is 22.4 Å². The molecule has 4 nitrogen and oxygen atoms in total. The Labute approximate surface area is 123 Å². The van der Waals surface area contributed by atoms with E-state index in [1.54, 1.807) is 18.3 Å². The maximum absolute atomic E-state index is 13.4. The first kappa shape index (κ1) is 15.0. The van der Waals surface area contributed by atoms with E-state index in [1.807, 2.05) is 13.8 Å². The molecule has 1 heterocycles. The number of pyridine rings is 1. The van der Waals surface area contributed by atoms with Crippen LogP contribution in [0.2, 0.25) is 0 Å². The van der Waals surface area contributed by atoms with Crippen LogP contribution in [0.4, 0.5) is 4.39 Å². The smallest absolute Gasteiger partial charge is 0.253 e. The Morgan fingerprint density at radius 3 is 2.71 bits per heavy atom. The molecule has 1 aromatic carbocycles. The number of carbonyl (C=O) groups excluding carboxylic acids is 1. The Kier molecular flexibility index (Phi) is 4.52. The number of halogens is 1. The molecule has 0 spiro atoms. The van der Waals surface area contributed by atoms with E-state index < -0.39 is 0 Å². The summed E-state index contributed by atoms with van der Waals surface area (Å²) >= 11 is 0. The molecule has 0 atom stereocenters. The number of rotatable bonds is 4. The molecule has 0 saturated heterocycles. The van der Waals surface area contributed by atoms with E-state index in [4.69, 9.17) is 4.74 Å². The fourth-order valence-corrected chi connectivity index (χ4v) is 1.96. The number of hydrogen-bond donors (Lipinski definition) is 1. The fourth-order valence-electron chi connectivity index (χ4n) is 1.96. The van der Waals surface area contributed by atoms with Gasteiger partial charge in [-0.1, -0.05) is 0 Å². The minimum Gasteiger partial charge on any atom is -0.496 e. The van der Waals surface area contributed by atoms with Crippen LogP contribution in [0, 0.1) is 5.82 Å². The lowest BCUT2D eigenvalue weighted by Crippen LogP contribution is -2.30. The van der Waals surface area contributed by atoms with Gasteiger partial charge in [0.2, 0.25) is 0 Å². The van der Waals surface area contributed by atoms with E-state index in [-0.39, 0.29) is 17.8 Å². The minimum absolute atomic E-state index is 0.0323. The molecule has 0 aliphatic heterocycles. The molecule has 1 N–H and O–H groups in total. The summed E-state index contributed by atoms with van der Waals surface area (Å²) in [6, 6.07) is 5.93. The zero-order valence-electron chi connectivity index (χ0n) is 12.2. The van der Waals surface area contributed by atoms with Crippen LogP contribution in [0.15, 0.2) is 36.7 Å². The fraction of sp³-hybridized carbons (Fsp3) is 0.250. The van der Waals surface area contributed by atoms with Gasteiger partial charge in [0.25, 0.3) is 5.91 Å². The molecule has 110 valence electrons. The summed E-state index contributed by atoms with van der Waals surface area (Å²) in [5.74, 6) is -0.0582.